The number of fused-ring (bicyclic) bond motifs is 1. The smallest absolute Gasteiger partial charge is 0.260 e. The van der Waals surface area contributed by atoms with E-state index in [1.54, 1.807) is 10.8 Å². The Labute approximate surface area is 198 Å². The summed E-state index contributed by atoms with van der Waals surface area (Å²) in [4.78, 5) is 21.8. The molecular weight excluding hydrogens is 454 g/mol. The van der Waals surface area contributed by atoms with Gasteiger partial charge in [-0.3, -0.25) is 9.36 Å². The van der Waals surface area contributed by atoms with Crippen LogP contribution in [0.5, 0.6) is 0 Å². The van der Waals surface area contributed by atoms with Crippen molar-refractivity contribution in [3.05, 3.63) is 52.4 Å². The standard InChI is InChI=1S/C24H29N5O4S/c1-16-5-3-4-6-19(16)20-13-17-14-26-23(28-24(34(2,31)32)9-10-25-15-24)27-21(17)29(22(20)30)18-7-11-33-12-8-18/h3-6,13-14,18,25H,7-12,15H2,1-2H3,(H,26,27,28)/t24-/m0/s1. The monoisotopic (exact) mass is 483 g/mol. The maximum atomic E-state index is 13.8. The fourth-order valence-electron chi connectivity index (χ4n) is 4.92. The number of nitrogens with one attached hydrogen (secondary N) is 2. The summed E-state index contributed by atoms with van der Waals surface area (Å²) in [6.07, 6.45) is 4.71. The third-order valence-electron chi connectivity index (χ3n) is 6.93. The second-order valence-electron chi connectivity index (χ2n) is 9.18. The van der Waals surface area contributed by atoms with E-state index in [1.165, 1.54) is 6.26 Å². The average molecular weight is 484 g/mol. The van der Waals surface area contributed by atoms with Gasteiger partial charge in [0.2, 0.25) is 5.95 Å². The molecule has 0 spiro atoms. The van der Waals surface area contributed by atoms with Crippen molar-refractivity contribution in [2.24, 2.45) is 0 Å². The van der Waals surface area contributed by atoms with Gasteiger partial charge in [0.1, 0.15) is 5.65 Å². The van der Waals surface area contributed by atoms with Gasteiger partial charge in [-0.05, 0) is 49.9 Å². The first-order valence-corrected chi connectivity index (χ1v) is 13.4. The number of anilines is 1. The highest BCUT2D eigenvalue weighted by atomic mass is 32.2. The zero-order chi connectivity index (χ0) is 23.9. The molecule has 9 nitrogen and oxygen atoms in total. The van der Waals surface area contributed by atoms with E-state index in [0.717, 1.165) is 16.5 Å². The van der Waals surface area contributed by atoms with Gasteiger partial charge >= 0.3 is 0 Å². The number of aryl methyl sites for hydroxylation is 1. The molecule has 0 aliphatic carbocycles. The van der Waals surface area contributed by atoms with Crippen molar-refractivity contribution in [1.29, 1.82) is 0 Å². The third-order valence-corrected chi connectivity index (χ3v) is 8.80. The number of aromatic nitrogens is 3. The first-order valence-electron chi connectivity index (χ1n) is 11.5. The van der Waals surface area contributed by atoms with E-state index in [0.29, 0.717) is 50.2 Å². The second kappa shape index (κ2) is 8.75. The topological polar surface area (TPSA) is 115 Å². The molecule has 5 rings (SSSR count). The van der Waals surface area contributed by atoms with Crippen LogP contribution in [0, 0.1) is 6.92 Å². The highest BCUT2D eigenvalue weighted by Crippen LogP contribution is 2.30. The Kier molecular flexibility index (Phi) is 5.91. The first kappa shape index (κ1) is 22.9. The van der Waals surface area contributed by atoms with Crippen molar-refractivity contribution >= 4 is 26.8 Å². The lowest BCUT2D eigenvalue weighted by atomic mass is 10.00. The SMILES string of the molecule is Cc1ccccc1-c1cc2cnc(N[C@]3(S(C)(=O)=O)CCNC3)nc2n(C2CCOCC2)c1=O. The minimum Gasteiger partial charge on any atom is -0.381 e. The molecule has 34 heavy (non-hydrogen) atoms. The molecule has 0 amide bonds. The number of rotatable bonds is 5. The van der Waals surface area contributed by atoms with Gasteiger partial charge in [0.15, 0.2) is 14.7 Å². The molecule has 180 valence electrons. The fourth-order valence-corrected chi connectivity index (χ4v) is 6.03. The molecule has 1 atom stereocenters. The van der Waals surface area contributed by atoms with Crippen molar-refractivity contribution in [2.45, 2.75) is 37.1 Å². The summed E-state index contributed by atoms with van der Waals surface area (Å²) in [7, 11) is -3.44. The van der Waals surface area contributed by atoms with E-state index in [4.69, 9.17) is 9.72 Å². The van der Waals surface area contributed by atoms with Gasteiger partial charge in [0.25, 0.3) is 5.56 Å². The molecule has 2 aliphatic heterocycles. The molecular formula is C24H29N5O4S. The quantitative estimate of drug-likeness (QED) is 0.568. The predicted molar refractivity (Wildman–Crippen MR) is 132 cm³/mol. The van der Waals surface area contributed by atoms with E-state index >= 15 is 0 Å². The van der Waals surface area contributed by atoms with Crippen LogP contribution in [-0.4, -0.2) is 60.4 Å². The molecule has 2 fully saturated rings. The minimum atomic E-state index is -3.44. The van der Waals surface area contributed by atoms with Crippen LogP contribution in [0.25, 0.3) is 22.2 Å². The molecule has 0 saturated carbocycles. The number of hydrogen-bond acceptors (Lipinski definition) is 8. The molecule has 2 aromatic heterocycles. The molecule has 3 aromatic rings. The highest BCUT2D eigenvalue weighted by molar-refractivity contribution is 7.92. The molecule has 0 radical (unpaired) electrons. The van der Waals surface area contributed by atoms with Crippen molar-refractivity contribution < 1.29 is 13.2 Å². The number of pyridine rings is 1. The Morgan fingerprint density at radius 3 is 2.65 bits per heavy atom. The van der Waals surface area contributed by atoms with Crippen LogP contribution in [0.15, 0.2) is 41.3 Å². The Balaban J connectivity index is 1.69. The van der Waals surface area contributed by atoms with Crippen molar-refractivity contribution in [1.82, 2.24) is 19.9 Å². The van der Waals surface area contributed by atoms with Crippen LogP contribution >= 0.6 is 0 Å². The second-order valence-corrected chi connectivity index (χ2v) is 11.5. The number of hydrogen-bond donors (Lipinski definition) is 2. The number of benzene rings is 1. The number of ether oxygens (including phenoxy) is 1. The number of sulfone groups is 1. The Morgan fingerprint density at radius 2 is 1.97 bits per heavy atom. The summed E-state index contributed by atoms with van der Waals surface area (Å²) >= 11 is 0. The van der Waals surface area contributed by atoms with Crippen molar-refractivity contribution in [2.75, 3.05) is 37.9 Å². The predicted octanol–water partition coefficient (Wildman–Crippen LogP) is 2.26. The van der Waals surface area contributed by atoms with Crippen LogP contribution in [-0.2, 0) is 14.6 Å². The van der Waals surface area contributed by atoms with Crippen LogP contribution in [0.1, 0.15) is 30.9 Å². The van der Waals surface area contributed by atoms with E-state index in [2.05, 4.69) is 15.6 Å². The van der Waals surface area contributed by atoms with Gasteiger partial charge in [-0.15, -0.1) is 0 Å². The van der Waals surface area contributed by atoms with E-state index in [1.807, 2.05) is 37.3 Å². The molecule has 4 heterocycles. The summed E-state index contributed by atoms with van der Waals surface area (Å²) in [5.74, 6) is 0.200. The van der Waals surface area contributed by atoms with E-state index in [-0.39, 0.29) is 24.1 Å². The summed E-state index contributed by atoms with van der Waals surface area (Å²) < 4.78 is 32.5. The maximum Gasteiger partial charge on any atom is 0.260 e. The molecule has 1 aromatic carbocycles. The normalized spacial score (nSPS) is 21.7. The largest absolute Gasteiger partial charge is 0.381 e. The first-order chi connectivity index (χ1) is 16.3. The summed E-state index contributed by atoms with van der Waals surface area (Å²) in [6.45, 7) is 3.99. The van der Waals surface area contributed by atoms with Gasteiger partial charge in [0.05, 0.1) is 0 Å². The van der Waals surface area contributed by atoms with Gasteiger partial charge in [-0.1, -0.05) is 24.3 Å². The molecule has 0 bridgehead atoms. The summed E-state index contributed by atoms with van der Waals surface area (Å²) in [5.41, 5.74) is 2.89. The maximum absolute atomic E-state index is 13.8. The van der Waals surface area contributed by atoms with Crippen molar-refractivity contribution in [3.8, 4) is 11.1 Å². The van der Waals surface area contributed by atoms with Gasteiger partial charge < -0.3 is 15.4 Å². The van der Waals surface area contributed by atoms with Crippen LogP contribution < -0.4 is 16.2 Å². The van der Waals surface area contributed by atoms with Crippen LogP contribution in [0.2, 0.25) is 0 Å². The lowest BCUT2D eigenvalue weighted by Gasteiger charge is -2.28. The summed E-state index contributed by atoms with van der Waals surface area (Å²) in [6, 6.07) is 9.59. The van der Waals surface area contributed by atoms with Gasteiger partial charge in [0, 0.05) is 49.2 Å². The molecule has 2 aliphatic rings. The van der Waals surface area contributed by atoms with Crippen LogP contribution in [0.3, 0.4) is 0 Å². The molecule has 2 N–H and O–H groups in total. The zero-order valence-corrected chi connectivity index (χ0v) is 20.2. The minimum absolute atomic E-state index is 0.0625. The fraction of sp³-hybridized carbons (Fsp3) is 0.458. The van der Waals surface area contributed by atoms with E-state index < -0.39 is 14.7 Å². The highest BCUT2D eigenvalue weighted by Gasteiger charge is 2.44. The molecule has 0 unspecified atom stereocenters. The average Bonchev–Trinajstić information content (AvgIpc) is 3.30. The lowest BCUT2D eigenvalue weighted by Crippen LogP contribution is -2.48. The Morgan fingerprint density at radius 1 is 1.21 bits per heavy atom. The van der Waals surface area contributed by atoms with Crippen molar-refractivity contribution in [3.63, 3.8) is 0 Å². The zero-order valence-electron chi connectivity index (χ0n) is 19.4. The lowest BCUT2D eigenvalue weighted by molar-refractivity contribution is 0.0697. The van der Waals surface area contributed by atoms with E-state index in [9.17, 15) is 13.2 Å². The Bertz CT molecular complexity index is 1390. The third kappa shape index (κ3) is 3.99. The Hall–Kier alpha value is -2.82. The van der Waals surface area contributed by atoms with Crippen LogP contribution in [0.4, 0.5) is 5.95 Å². The van der Waals surface area contributed by atoms with Gasteiger partial charge in [-0.25, -0.2) is 13.4 Å². The summed E-state index contributed by atoms with van der Waals surface area (Å²) in [5, 5.41) is 6.92. The van der Waals surface area contributed by atoms with Gasteiger partial charge in [-0.2, -0.15) is 4.98 Å². The molecule has 10 heteroatoms. The number of nitrogens with zero attached hydrogens (tertiary/aromatic N) is 3. The molecule has 2 saturated heterocycles.